The minimum Gasteiger partial charge on any atom is -0.306 e. The van der Waals surface area contributed by atoms with Gasteiger partial charge in [0.05, 0.1) is 16.3 Å². The van der Waals surface area contributed by atoms with Gasteiger partial charge in [-0.05, 0) is 33.4 Å². The second-order valence-corrected chi connectivity index (χ2v) is 7.01. The molecule has 1 saturated heterocycles. The molecule has 23 heavy (non-hydrogen) atoms. The van der Waals surface area contributed by atoms with Crippen LogP contribution in [-0.2, 0) is 4.79 Å². The van der Waals surface area contributed by atoms with Crippen molar-refractivity contribution in [1.82, 2.24) is 19.9 Å². The molecule has 0 saturated carbocycles. The summed E-state index contributed by atoms with van der Waals surface area (Å²) in [6.07, 6.45) is 5.80. The highest BCUT2D eigenvalue weighted by Gasteiger charge is 2.25. The van der Waals surface area contributed by atoms with Gasteiger partial charge in [0.25, 0.3) is 0 Å². The summed E-state index contributed by atoms with van der Waals surface area (Å²) in [4.78, 5) is 28.2. The normalized spacial score (nSPS) is 18.8. The summed E-state index contributed by atoms with van der Waals surface area (Å²) >= 11 is 1.46. The van der Waals surface area contributed by atoms with E-state index in [0.717, 1.165) is 41.5 Å². The average Bonchev–Trinajstić information content (AvgIpc) is 2.87. The van der Waals surface area contributed by atoms with Crippen LogP contribution < -0.4 is 5.32 Å². The van der Waals surface area contributed by atoms with E-state index in [9.17, 15) is 4.79 Å². The number of thiazole rings is 1. The zero-order valence-electron chi connectivity index (χ0n) is 13.7. The maximum Gasteiger partial charge on any atom is 0.223 e. The average molecular weight is 331 g/mol. The van der Waals surface area contributed by atoms with E-state index < -0.39 is 0 Å². The van der Waals surface area contributed by atoms with Gasteiger partial charge in [-0.15, -0.1) is 0 Å². The summed E-state index contributed by atoms with van der Waals surface area (Å²) < 4.78 is 0. The molecule has 1 aliphatic heterocycles. The van der Waals surface area contributed by atoms with Crippen LogP contribution in [0, 0.1) is 6.92 Å². The van der Waals surface area contributed by atoms with Crippen LogP contribution in [-0.4, -0.2) is 45.9 Å². The number of nitrogens with one attached hydrogen (secondary N) is 1. The van der Waals surface area contributed by atoms with E-state index in [1.54, 1.807) is 12.4 Å². The van der Waals surface area contributed by atoms with Crippen LogP contribution in [0.25, 0.3) is 10.6 Å². The first-order valence-electron chi connectivity index (χ1n) is 7.79. The molecule has 2 aromatic rings. The van der Waals surface area contributed by atoms with E-state index in [1.807, 2.05) is 6.92 Å². The molecule has 122 valence electrons. The Morgan fingerprint density at radius 1 is 1.39 bits per heavy atom. The highest BCUT2D eigenvalue weighted by molar-refractivity contribution is 7.19. The summed E-state index contributed by atoms with van der Waals surface area (Å²) in [5.74, 6) is 0.279. The first kappa shape index (κ1) is 16.0. The van der Waals surface area contributed by atoms with Crippen LogP contribution >= 0.6 is 11.3 Å². The number of likely N-dealkylation sites (tertiary alicyclic amines) is 1. The zero-order chi connectivity index (χ0) is 16.4. The fourth-order valence-electron chi connectivity index (χ4n) is 3.03. The monoisotopic (exact) mass is 331 g/mol. The van der Waals surface area contributed by atoms with Gasteiger partial charge in [0.1, 0.15) is 5.69 Å². The minimum absolute atomic E-state index is 0.112. The van der Waals surface area contributed by atoms with Gasteiger partial charge < -0.3 is 10.2 Å². The van der Waals surface area contributed by atoms with Crippen LogP contribution in [0.2, 0.25) is 0 Å². The molecule has 1 atom stereocenters. The van der Waals surface area contributed by atoms with Gasteiger partial charge in [-0.2, -0.15) is 0 Å². The fraction of sp³-hybridized carbons (Fsp3) is 0.500. The van der Waals surface area contributed by atoms with E-state index in [2.05, 4.69) is 32.2 Å². The molecule has 6 nitrogen and oxygen atoms in total. The molecule has 1 aliphatic rings. The predicted molar refractivity (Wildman–Crippen MR) is 91.7 cm³/mol. The highest BCUT2D eigenvalue weighted by atomic mass is 32.1. The number of aryl methyl sites for hydroxylation is 1. The van der Waals surface area contributed by atoms with Crippen molar-refractivity contribution in [3.63, 3.8) is 0 Å². The maximum atomic E-state index is 11.2. The molecular weight excluding hydrogens is 310 g/mol. The van der Waals surface area contributed by atoms with Crippen molar-refractivity contribution in [1.29, 1.82) is 0 Å². The van der Waals surface area contributed by atoms with Crippen molar-refractivity contribution >= 4 is 22.4 Å². The summed E-state index contributed by atoms with van der Waals surface area (Å²) in [5, 5.41) is 3.37. The molecule has 0 spiro atoms. The third-order valence-corrected chi connectivity index (χ3v) is 5.11. The zero-order valence-corrected chi connectivity index (χ0v) is 14.5. The van der Waals surface area contributed by atoms with Gasteiger partial charge in [0.2, 0.25) is 5.91 Å². The first-order valence-corrected chi connectivity index (χ1v) is 8.61. The Labute approximate surface area is 140 Å². The largest absolute Gasteiger partial charge is 0.306 e. The molecule has 0 bridgehead atoms. The molecule has 3 heterocycles. The molecule has 0 aromatic carbocycles. The molecule has 1 N–H and O–H groups in total. The minimum atomic E-state index is -0.112. The topological polar surface area (TPSA) is 71.0 Å². The summed E-state index contributed by atoms with van der Waals surface area (Å²) in [7, 11) is 2.15. The van der Waals surface area contributed by atoms with E-state index in [4.69, 9.17) is 0 Å². The predicted octanol–water partition coefficient (Wildman–Crippen LogP) is 2.68. The Hall–Kier alpha value is -1.86. The number of hydrogen-bond donors (Lipinski definition) is 1. The lowest BCUT2D eigenvalue weighted by Crippen LogP contribution is -2.31. The van der Waals surface area contributed by atoms with Gasteiger partial charge in [0, 0.05) is 31.8 Å². The molecule has 7 heteroatoms. The van der Waals surface area contributed by atoms with Crippen LogP contribution in [0.15, 0.2) is 12.4 Å². The molecule has 1 fully saturated rings. The van der Waals surface area contributed by atoms with Crippen molar-refractivity contribution in [2.24, 2.45) is 0 Å². The summed E-state index contributed by atoms with van der Waals surface area (Å²) in [5.41, 5.74) is 2.82. The third kappa shape index (κ3) is 3.56. The molecule has 0 radical (unpaired) electrons. The second kappa shape index (κ2) is 6.72. The number of likely N-dealkylation sites (N-methyl/N-ethyl adjacent to an activating group) is 1. The molecule has 1 unspecified atom stereocenters. The van der Waals surface area contributed by atoms with Gasteiger partial charge >= 0.3 is 0 Å². The lowest BCUT2D eigenvalue weighted by Gasteiger charge is -2.29. The molecular formula is C16H21N5OS. The van der Waals surface area contributed by atoms with Crippen LogP contribution in [0.3, 0.4) is 0 Å². The summed E-state index contributed by atoms with van der Waals surface area (Å²) in [6, 6.07) is 0. The van der Waals surface area contributed by atoms with E-state index in [1.165, 1.54) is 24.7 Å². The molecule has 3 rings (SSSR count). The number of aromatic nitrogens is 3. The number of anilines is 1. The number of hydrogen-bond acceptors (Lipinski definition) is 6. The Kier molecular flexibility index (Phi) is 4.68. The van der Waals surface area contributed by atoms with Crippen molar-refractivity contribution < 1.29 is 4.79 Å². The Bertz CT molecular complexity index is 714. The number of piperidine rings is 1. The third-order valence-electron chi connectivity index (χ3n) is 4.03. The molecule has 1 amide bonds. The van der Waals surface area contributed by atoms with Gasteiger partial charge in [-0.1, -0.05) is 11.3 Å². The molecule has 2 aromatic heterocycles. The quantitative estimate of drug-likeness (QED) is 0.936. The Balaban J connectivity index is 1.97. The smallest absolute Gasteiger partial charge is 0.223 e. The van der Waals surface area contributed by atoms with E-state index >= 15 is 0 Å². The number of nitrogens with zero attached hydrogens (tertiary/aromatic N) is 4. The van der Waals surface area contributed by atoms with E-state index in [-0.39, 0.29) is 5.91 Å². The van der Waals surface area contributed by atoms with Gasteiger partial charge in [-0.3, -0.25) is 14.8 Å². The van der Waals surface area contributed by atoms with Crippen LogP contribution in [0.1, 0.15) is 37.1 Å². The van der Waals surface area contributed by atoms with Crippen LogP contribution in [0.4, 0.5) is 5.13 Å². The van der Waals surface area contributed by atoms with Crippen molar-refractivity contribution in [3.05, 3.63) is 23.8 Å². The Morgan fingerprint density at radius 3 is 2.91 bits per heavy atom. The fourth-order valence-corrected chi connectivity index (χ4v) is 4.05. The van der Waals surface area contributed by atoms with Gasteiger partial charge in [-0.25, -0.2) is 4.98 Å². The van der Waals surface area contributed by atoms with Crippen molar-refractivity contribution in [2.75, 3.05) is 25.5 Å². The molecule has 0 aliphatic carbocycles. The number of amides is 1. The lowest BCUT2D eigenvalue weighted by molar-refractivity contribution is -0.114. The SMILES string of the molecule is CC(=O)Nc1nc(C)c(-c2nccnc2C2CCCN(C)C2)s1. The lowest BCUT2D eigenvalue weighted by atomic mass is 9.93. The van der Waals surface area contributed by atoms with E-state index in [0.29, 0.717) is 11.0 Å². The number of carbonyl (C=O) groups excluding carboxylic acids is 1. The first-order chi connectivity index (χ1) is 11.0. The maximum absolute atomic E-state index is 11.2. The van der Waals surface area contributed by atoms with Crippen LogP contribution in [0.5, 0.6) is 0 Å². The highest BCUT2D eigenvalue weighted by Crippen LogP contribution is 2.37. The number of rotatable bonds is 3. The second-order valence-electron chi connectivity index (χ2n) is 6.01. The Morgan fingerprint density at radius 2 is 2.17 bits per heavy atom. The van der Waals surface area contributed by atoms with Crippen molar-refractivity contribution in [2.45, 2.75) is 32.6 Å². The number of carbonyl (C=O) groups is 1. The van der Waals surface area contributed by atoms with Crippen molar-refractivity contribution in [3.8, 4) is 10.6 Å². The van der Waals surface area contributed by atoms with Gasteiger partial charge in [0.15, 0.2) is 5.13 Å². The summed E-state index contributed by atoms with van der Waals surface area (Å²) in [6.45, 7) is 5.57. The standard InChI is InChI=1S/C16H21N5OS/c1-10-15(23-16(19-10)20-11(2)22)14-13(17-6-7-18-14)12-5-4-8-21(3)9-12/h6-7,12H,4-5,8-9H2,1-3H3,(H,19,20,22).